The van der Waals surface area contributed by atoms with Crippen molar-refractivity contribution in [1.82, 2.24) is 4.57 Å². The van der Waals surface area contributed by atoms with Gasteiger partial charge in [0.05, 0.1) is 28.3 Å². The van der Waals surface area contributed by atoms with Gasteiger partial charge >= 0.3 is 7.12 Å². The van der Waals surface area contributed by atoms with Crippen molar-refractivity contribution in [3.63, 3.8) is 0 Å². The third-order valence-electron chi connectivity index (χ3n) is 10.4. The summed E-state index contributed by atoms with van der Waals surface area (Å²) in [6, 6.07) is 35.3. The maximum Gasteiger partial charge on any atom is 0.494 e. The molecule has 0 amide bonds. The SMILES string of the molecule is CC1(C)OB(c2ccc3c(c2)c2ccccc2n3-c2ccc(N(C3=CCCC=C3)C3C=CC(c4ccccc4)=CC3)cc2)OC1(C)C. The van der Waals surface area contributed by atoms with Crippen molar-refractivity contribution in [2.24, 2.45) is 0 Å². The van der Waals surface area contributed by atoms with E-state index in [4.69, 9.17) is 9.31 Å². The number of hydrogen-bond donors (Lipinski definition) is 0. The quantitative estimate of drug-likeness (QED) is 0.178. The van der Waals surface area contributed by atoms with Gasteiger partial charge in [-0.15, -0.1) is 0 Å². The second-order valence-electron chi connectivity index (χ2n) is 13.9. The second kappa shape index (κ2) is 11.6. The van der Waals surface area contributed by atoms with E-state index in [0.717, 1.165) is 30.4 Å². The summed E-state index contributed by atoms with van der Waals surface area (Å²) < 4.78 is 15.2. The van der Waals surface area contributed by atoms with Crippen molar-refractivity contribution < 1.29 is 9.31 Å². The fourth-order valence-corrected chi connectivity index (χ4v) is 7.11. The largest absolute Gasteiger partial charge is 0.494 e. The van der Waals surface area contributed by atoms with Crippen LogP contribution in [0.1, 0.15) is 52.5 Å². The van der Waals surface area contributed by atoms with E-state index >= 15 is 0 Å². The minimum Gasteiger partial charge on any atom is -0.399 e. The molecule has 2 aliphatic carbocycles. The molecule has 5 heteroatoms. The molecule has 234 valence electrons. The molecule has 0 saturated carbocycles. The molecule has 0 N–H and O–H groups in total. The molecule has 1 fully saturated rings. The van der Waals surface area contributed by atoms with Crippen LogP contribution in [0.15, 0.2) is 139 Å². The van der Waals surface area contributed by atoms with Crippen molar-refractivity contribution in [3.05, 3.63) is 145 Å². The number of hydrogen-bond acceptors (Lipinski definition) is 3. The highest BCUT2D eigenvalue weighted by molar-refractivity contribution is 6.62. The highest BCUT2D eigenvalue weighted by Crippen LogP contribution is 2.38. The van der Waals surface area contributed by atoms with Gasteiger partial charge in [0.1, 0.15) is 0 Å². The summed E-state index contributed by atoms with van der Waals surface area (Å²) >= 11 is 0. The number of fused-ring (bicyclic) bond motifs is 3. The van der Waals surface area contributed by atoms with Gasteiger partial charge in [0.15, 0.2) is 0 Å². The van der Waals surface area contributed by atoms with Gasteiger partial charge in [-0.1, -0.05) is 91.0 Å². The Kier molecular flexibility index (Phi) is 7.35. The third-order valence-corrected chi connectivity index (χ3v) is 10.4. The lowest BCUT2D eigenvalue weighted by Crippen LogP contribution is -2.41. The fourth-order valence-electron chi connectivity index (χ4n) is 7.11. The van der Waals surface area contributed by atoms with Gasteiger partial charge in [0.25, 0.3) is 0 Å². The molecule has 2 heterocycles. The summed E-state index contributed by atoms with van der Waals surface area (Å²) in [5.41, 5.74) is 8.80. The predicted octanol–water partition coefficient (Wildman–Crippen LogP) is 9.54. The summed E-state index contributed by atoms with van der Waals surface area (Å²) in [4.78, 5) is 2.50. The van der Waals surface area contributed by atoms with E-state index in [1.54, 1.807) is 0 Å². The third kappa shape index (κ3) is 5.28. The number of nitrogens with zero attached hydrogens (tertiary/aromatic N) is 2. The van der Waals surface area contributed by atoms with Gasteiger partial charge in [-0.3, -0.25) is 0 Å². The number of allylic oxidation sites excluding steroid dienone is 5. The Morgan fingerprint density at radius 3 is 2.15 bits per heavy atom. The zero-order valence-electron chi connectivity index (χ0n) is 27.7. The van der Waals surface area contributed by atoms with E-state index in [2.05, 4.69) is 171 Å². The lowest BCUT2D eigenvalue weighted by Gasteiger charge is -2.35. The molecule has 5 aromatic rings. The van der Waals surface area contributed by atoms with Gasteiger partial charge in [-0.2, -0.15) is 0 Å². The monoisotopic (exact) mass is 616 g/mol. The zero-order valence-corrected chi connectivity index (χ0v) is 27.7. The van der Waals surface area contributed by atoms with Crippen molar-refractivity contribution in [2.75, 3.05) is 4.90 Å². The van der Waals surface area contributed by atoms with Crippen LogP contribution in [0.5, 0.6) is 0 Å². The molecule has 0 bridgehead atoms. The van der Waals surface area contributed by atoms with Crippen LogP contribution in [0.3, 0.4) is 0 Å². The molecule has 0 radical (unpaired) electrons. The molecular weight excluding hydrogens is 575 g/mol. The average molecular weight is 617 g/mol. The molecule has 3 aliphatic rings. The van der Waals surface area contributed by atoms with Crippen LogP contribution in [0.2, 0.25) is 0 Å². The molecule has 4 nitrogen and oxygen atoms in total. The molecule has 1 saturated heterocycles. The molecule has 4 aromatic carbocycles. The molecule has 1 atom stereocenters. The van der Waals surface area contributed by atoms with Crippen LogP contribution in [-0.4, -0.2) is 28.9 Å². The van der Waals surface area contributed by atoms with Gasteiger partial charge in [-0.25, -0.2) is 0 Å². The molecule has 1 unspecified atom stereocenters. The standard InChI is InChI=1S/C42H41BN2O2/c1-41(2)42(3,4)47-43(46-41)32-21-28-40-38(29-32)37-17-11-12-18-39(37)45(40)36-26-24-35(25-27-36)44(33-15-9-6-10-16-33)34-22-19-31(20-23-34)30-13-7-5-8-14-30/h5,7-9,11-22,24-29,34H,6,10,23H2,1-4H3. The van der Waals surface area contributed by atoms with Crippen molar-refractivity contribution >= 4 is 45.6 Å². The van der Waals surface area contributed by atoms with Crippen LogP contribution in [0.4, 0.5) is 5.69 Å². The van der Waals surface area contributed by atoms with E-state index in [1.165, 1.54) is 44.3 Å². The molecule has 47 heavy (non-hydrogen) atoms. The van der Waals surface area contributed by atoms with Gasteiger partial charge in [0, 0.05) is 27.8 Å². The Bertz CT molecular complexity index is 2070. The van der Waals surface area contributed by atoms with Crippen LogP contribution < -0.4 is 10.4 Å². The number of aromatic nitrogens is 1. The minimum atomic E-state index is -0.396. The first-order valence-electron chi connectivity index (χ1n) is 16.9. The number of benzene rings is 4. The van der Waals surface area contributed by atoms with Crippen molar-refractivity contribution in [1.29, 1.82) is 0 Å². The maximum atomic E-state index is 6.42. The van der Waals surface area contributed by atoms with E-state index in [9.17, 15) is 0 Å². The maximum absolute atomic E-state index is 6.42. The number of para-hydroxylation sites is 1. The molecule has 1 aliphatic heterocycles. The summed E-state index contributed by atoms with van der Waals surface area (Å²) in [6.45, 7) is 8.41. The van der Waals surface area contributed by atoms with Crippen molar-refractivity contribution in [3.8, 4) is 5.69 Å². The first-order valence-corrected chi connectivity index (χ1v) is 16.9. The van der Waals surface area contributed by atoms with E-state index in [1.807, 2.05) is 0 Å². The van der Waals surface area contributed by atoms with E-state index in [0.29, 0.717) is 0 Å². The normalized spacial score (nSPS) is 20.1. The summed E-state index contributed by atoms with van der Waals surface area (Å²) in [7, 11) is -0.396. The number of rotatable bonds is 6. The van der Waals surface area contributed by atoms with Crippen LogP contribution in [0, 0.1) is 0 Å². The molecular formula is C42H41BN2O2. The summed E-state index contributed by atoms with van der Waals surface area (Å²) in [6.07, 6.45) is 17.1. The minimum absolute atomic E-state index is 0.240. The van der Waals surface area contributed by atoms with Crippen LogP contribution >= 0.6 is 0 Å². The Morgan fingerprint density at radius 2 is 1.45 bits per heavy atom. The lowest BCUT2D eigenvalue weighted by atomic mass is 9.78. The predicted molar refractivity (Wildman–Crippen MR) is 197 cm³/mol. The van der Waals surface area contributed by atoms with Crippen LogP contribution in [-0.2, 0) is 9.31 Å². The number of anilines is 1. The van der Waals surface area contributed by atoms with Crippen molar-refractivity contribution in [2.45, 2.75) is 64.2 Å². The Labute approximate surface area is 278 Å². The van der Waals surface area contributed by atoms with E-state index < -0.39 is 7.12 Å². The zero-order chi connectivity index (χ0) is 32.2. The lowest BCUT2D eigenvalue weighted by molar-refractivity contribution is 0.00578. The van der Waals surface area contributed by atoms with E-state index in [-0.39, 0.29) is 17.2 Å². The highest BCUT2D eigenvalue weighted by Gasteiger charge is 2.51. The fraction of sp³-hybridized carbons (Fsp3) is 0.238. The summed E-state index contributed by atoms with van der Waals surface area (Å²) in [5, 5.41) is 2.42. The molecule has 8 rings (SSSR count). The van der Waals surface area contributed by atoms with Gasteiger partial charge in [0.2, 0.25) is 0 Å². The Hall–Kier alpha value is -4.58. The first kappa shape index (κ1) is 29.8. The second-order valence-corrected chi connectivity index (χ2v) is 13.9. The smallest absolute Gasteiger partial charge is 0.399 e. The van der Waals surface area contributed by atoms with Gasteiger partial charge in [-0.05, 0) is 106 Å². The highest BCUT2D eigenvalue weighted by atomic mass is 16.7. The molecule has 0 spiro atoms. The Morgan fingerprint density at radius 1 is 0.723 bits per heavy atom. The van der Waals surface area contributed by atoms with Gasteiger partial charge < -0.3 is 18.8 Å². The molecule has 1 aromatic heterocycles. The Balaban J connectivity index is 1.15. The first-order chi connectivity index (χ1) is 22.8. The average Bonchev–Trinajstić information content (AvgIpc) is 3.54. The summed E-state index contributed by atoms with van der Waals surface area (Å²) in [5.74, 6) is 0. The topological polar surface area (TPSA) is 26.6 Å². The van der Waals surface area contributed by atoms with Crippen LogP contribution in [0.25, 0.3) is 33.1 Å².